The molecular weight excluding hydrogens is 419 g/mol. The summed E-state index contributed by atoms with van der Waals surface area (Å²) in [7, 11) is 0. The molecule has 0 bridgehead atoms. The van der Waals surface area contributed by atoms with Gasteiger partial charge in [0.15, 0.2) is 0 Å². The molecule has 32 heavy (non-hydrogen) atoms. The molecule has 0 fully saturated rings. The van der Waals surface area contributed by atoms with Gasteiger partial charge in [0, 0.05) is 23.3 Å². The minimum Gasteiger partial charge on any atom is -0.491 e. The van der Waals surface area contributed by atoms with Crippen LogP contribution in [-0.4, -0.2) is 27.0 Å². The zero-order valence-electron chi connectivity index (χ0n) is 17.6. The molecule has 2 aromatic heterocycles. The summed E-state index contributed by atoms with van der Waals surface area (Å²) in [4.78, 5) is 4.44. The predicted molar refractivity (Wildman–Crippen MR) is 116 cm³/mol. The molecule has 0 N–H and O–H groups in total. The number of halogens is 3. The second-order valence-corrected chi connectivity index (χ2v) is 7.65. The van der Waals surface area contributed by atoms with Crippen molar-refractivity contribution in [2.45, 2.75) is 39.3 Å². The van der Waals surface area contributed by atoms with Crippen molar-refractivity contribution in [3.05, 3.63) is 72.7 Å². The van der Waals surface area contributed by atoms with Crippen molar-refractivity contribution >= 4 is 10.9 Å². The highest BCUT2D eigenvalue weighted by molar-refractivity contribution is 5.97. The fourth-order valence-corrected chi connectivity index (χ4v) is 3.39. The first-order valence-corrected chi connectivity index (χ1v) is 10.1. The highest BCUT2D eigenvalue weighted by Crippen LogP contribution is 2.32. The number of rotatable bonds is 7. The van der Waals surface area contributed by atoms with Gasteiger partial charge in [-0.1, -0.05) is 24.3 Å². The number of nitrogens with zero attached hydrogens (tertiary/aromatic N) is 3. The molecule has 8 heteroatoms. The van der Waals surface area contributed by atoms with Crippen LogP contribution in [-0.2, 0) is 13.2 Å². The van der Waals surface area contributed by atoms with Crippen molar-refractivity contribution in [1.82, 2.24) is 14.8 Å². The van der Waals surface area contributed by atoms with E-state index in [1.54, 1.807) is 12.3 Å². The molecule has 0 aliphatic heterocycles. The molecule has 2 aromatic carbocycles. The summed E-state index contributed by atoms with van der Waals surface area (Å²) in [5.41, 5.74) is 2.93. The van der Waals surface area contributed by atoms with Gasteiger partial charge in [-0.2, -0.15) is 18.3 Å². The molecule has 5 nitrogen and oxygen atoms in total. The minimum atomic E-state index is -4.33. The Kier molecular flexibility index (Phi) is 6.03. The van der Waals surface area contributed by atoms with E-state index in [1.165, 1.54) is 12.4 Å². The Labute approximate surface area is 183 Å². The summed E-state index contributed by atoms with van der Waals surface area (Å²) in [6, 6.07) is 15.0. The van der Waals surface area contributed by atoms with E-state index in [-0.39, 0.29) is 6.10 Å². The van der Waals surface area contributed by atoms with Crippen molar-refractivity contribution in [3.63, 3.8) is 0 Å². The average molecular weight is 441 g/mol. The van der Waals surface area contributed by atoms with E-state index in [1.807, 2.05) is 56.3 Å². The second-order valence-electron chi connectivity index (χ2n) is 7.65. The fraction of sp³-hybridized carbons (Fsp3) is 0.250. The van der Waals surface area contributed by atoms with Crippen LogP contribution in [0.25, 0.3) is 22.0 Å². The number of benzene rings is 2. The fourth-order valence-electron chi connectivity index (χ4n) is 3.39. The summed E-state index contributed by atoms with van der Waals surface area (Å²) < 4.78 is 50.6. The Morgan fingerprint density at radius 1 is 1.03 bits per heavy atom. The van der Waals surface area contributed by atoms with Gasteiger partial charge in [-0.15, -0.1) is 0 Å². The first-order chi connectivity index (χ1) is 15.3. The lowest BCUT2D eigenvalue weighted by atomic mass is 10.0. The molecule has 0 saturated carbocycles. The third-order valence-corrected chi connectivity index (χ3v) is 4.71. The van der Waals surface area contributed by atoms with Crippen molar-refractivity contribution < 1.29 is 22.6 Å². The maximum atomic E-state index is 12.7. The van der Waals surface area contributed by atoms with Gasteiger partial charge in [-0.25, -0.2) is 0 Å². The summed E-state index contributed by atoms with van der Waals surface area (Å²) in [5, 5.41) is 4.62. The predicted octanol–water partition coefficient (Wildman–Crippen LogP) is 6.03. The molecule has 0 spiro atoms. The Balaban J connectivity index is 1.56. The van der Waals surface area contributed by atoms with Crippen LogP contribution in [0.15, 0.2) is 67.1 Å². The molecule has 0 amide bonds. The topological polar surface area (TPSA) is 49.2 Å². The summed E-state index contributed by atoms with van der Waals surface area (Å²) >= 11 is 0. The lowest BCUT2D eigenvalue weighted by Crippen LogP contribution is -2.17. The van der Waals surface area contributed by atoms with Crippen molar-refractivity contribution in [3.8, 4) is 22.6 Å². The van der Waals surface area contributed by atoms with Gasteiger partial charge in [0.25, 0.3) is 0 Å². The van der Waals surface area contributed by atoms with E-state index >= 15 is 0 Å². The van der Waals surface area contributed by atoms with E-state index in [4.69, 9.17) is 9.47 Å². The molecule has 4 rings (SSSR count). The summed E-state index contributed by atoms with van der Waals surface area (Å²) in [6.45, 7) is 3.15. The van der Waals surface area contributed by atoms with Gasteiger partial charge in [-0.3, -0.25) is 9.67 Å². The maximum Gasteiger partial charge on any atom is 0.408 e. The number of hydrogen-bond donors (Lipinski definition) is 0. The lowest BCUT2D eigenvalue weighted by Gasteiger charge is -2.12. The van der Waals surface area contributed by atoms with Crippen molar-refractivity contribution in [2.24, 2.45) is 0 Å². The van der Waals surface area contributed by atoms with E-state index in [0.29, 0.717) is 23.4 Å². The highest BCUT2D eigenvalue weighted by Gasteiger charge is 2.28. The second kappa shape index (κ2) is 8.90. The number of hydrogen-bond acceptors (Lipinski definition) is 4. The van der Waals surface area contributed by atoms with Crippen LogP contribution < -0.4 is 9.47 Å². The van der Waals surface area contributed by atoms with Crippen LogP contribution in [0.2, 0.25) is 0 Å². The first kappa shape index (κ1) is 21.7. The Morgan fingerprint density at radius 2 is 1.81 bits per heavy atom. The third kappa shape index (κ3) is 5.19. The van der Waals surface area contributed by atoms with E-state index in [9.17, 15) is 13.2 Å². The number of ether oxygens (including phenoxy) is 2. The monoisotopic (exact) mass is 441 g/mol. The van der Waals surface area contributed by atoms with E-state index < -0.39 is 12.7 Å². The average Bonchev–Trinajstić information content (AvgIpc) is 3.19. The molecule has 0 radical (unpaired) electrons. The maximum absolute atomic E-state index is 12.7. The first-order valence-electron chi connectivity index (χ1n) is 10.1. The molecule has 166 valence electrons. The molecule has 0 aliphatic carbocycles. The van der Waals surface area contributed by atoms with Crippen LogP contribution in [0.5, 0.6) is 11.5 Å². The number of fused-ring (bicyclic) bond motifs is 1. The molecule has 0 aliphatic rings. The van der Waals surface area contributed by atoms with Crippen LogP contribution in [0.4, 0.5) is 13.2 Å². The van der Waals surface area contributed by atoms with Gasteiger partial charge >= 0.3 is 6.18 Å². The molecule has 0 atom stereocenters. The van der Waals surface area contributed by atoms with E-state index in [2.05, 4.69) is 10.1 Å². The number of alkyl halides is 3. The largest absolute Gasteiger partial charge is 0.491 e. The molecule has 4 aromatic rings. The van der Waals surface area contributed by atoms with Gasteiger partial charge in [0.1, 0.15) is 30.2 Å². The molecule has 0 unspecified atom stereocenters. The smallest absolute Gasteiger partial charge is 0.408 e. The van der Waals surface area contributed by atoms with Crippen LogP contribution >= 0.6 is 0 Å². The quantitative estimate of drug-likeness (QED) is 0.352. The number of para-hydroxylation sites is 1. The van der Waals surface area contributed by atoms with E-state index in [0.717, 1.165) is 26.9 Å². The zero-order valence-corrected chi connectivity index (χ0v) is 17.6. The lowest BCUT2D eigenvalue weighted by molar-refractivity contribution is -0.142. The number of pyridine rings is 1. The SMILES string of the molecule is CC(C)Oc1ccc(COc2cccc3c(-c4cnn(CC(F)(F)F)c4)ccnc23)cc1. The molecule has 0 saturated heterocycles. The Bertz CT molecular complexity index is 1200. The summed E-state index contributed by atoms with van der Waals surface area (Å²) in [6.07, 6.45) is 0.201. The minimum absolute atomic E-state index is 0.105. The van der Waals surface area contributed by atoms with Gasteiger partial charge in [0.05, 0.1) is 12.3 Å². The highest BCUT2D eigenvalue weighted by atomic mass is 19.4. The zero-order chi connectivity index (χ0) is 22.7. The normalized spacial score (nSPS) is 11.8. The van der Waals surface area contributed by atoms with Crippen molar-refractivity contribution in [2.75, 3.05) is 0 Å². The van der Waals surface area contributed by atoms with Crippen LogP contribution in [0, 0.1) is 0 Å². The van der Waals surface area contributed by atoms with Gasteiger partial charge < -0.3 is 9.47 Å². The van der Waals surface area contributed by atoms with Crippen LogP contribution in [0.3, 0.4) is 0 Å². The van der Waals surface area contributed by atoms with Gasteiger partial charge in [0.2, 0.25) is 0 Å². The van der Waals surface area contributed by atoms with Crippen molar-refractivity contribution in [1.29, 1.82) is 0 Å². The number of aromatic nitrogens is 3. The molecular formula is C24H22F3N3O2. The van der Waals surface area contributed by atoms with Crippen LogP contribution in [0.1, 0.15) is 19.4 Å². The standard InChI is InChI=1S/C24H22F3N3O2/c1-16(2)32-19-8-6-17(7-9-19)14-31-22-5-3-4-21-20(10-11-28-23(21)22)18-12-29-30(13-18)15-24(25,26)27/h3-13,16H,14-15H2,1-2H3. The van der Waals surface area contributed by atoms with Gasteiger partial charge in [-0.05, 0) is 49.2 Å². The third-order valence-electron chi connectivity index (χ3n) is 4.71. The molecule has 2 heterocycles. The Hall–Kier alpha value is -3.55. The Morgan fingerprint density at radius 3 is 2.53 bits per heavy atom. The summed E-state index contributed by atoms with van der Waals surface area (Å²) in [5.74, 6) is 1.39.